The molecule has 1 fully saturated rings. The molecular weight excluding hydrogens is 429 g/mol. The van der Waals surface area contributed by atoms with Gasteiger partial charge >= 0.3 is 0 Å². The lowest BCUT2D eigenvalue weighted by atomic mass is 10.2. The summed E-state index contributed by atoms with van der Waals surface area (Å²) in [6.45, 7) is 7.30. The van der Waals surface area contributed by atoms with Crippen molar-refractivity contribution in [3.63, 3.8) is 0 Å². The number of anilines is 3. The number of ether oxygens (including phenoxy) is 1. The van der Waals surface area contributed by atoms with E-state index in [2.05, 4.69) is 10.0 Å². The molecule has 1 aliphatic carbocycles. The number of aryl methyl sites for hydroxylation is 1. The van der Waals surface area contributed by atoms with E-state index in [0.717, 1.165) is 6.07 Å². The third-order valence-corrected chi connectivity index (χ3v) is 6.60. The van der Waals surface area contributed by atoms with Gasteiger partial charge in [0.15, 0.2) is 11.6 Å². The lowest BCUT2D eigenvalue weighted by Crippen LogP contribution is -2.27. The third-order valence-electron chi connectivity index (χ3n) is 4.85. The summed E-state index contributed by atoms with van der Waals surface area (Å²) in [5, 5.41) is 12.2. The van der Waals surface area contributed by atoms with Gasteiger partial charge in [-0.3, -0.25) is 4.72 Å². The van der Waals surface area contributed by atoms with Crippen LogP contribution >= 0.6 is 0 Å². The second-order valence-corrected chi connectivity index (χ2v) is 8.95. The van der Waals surface area contributed by atoms with E-state index in [-0.39, 0.29) is 17.1 Å². The quantitative estimate of drug-likeness (QED) is 0.484. The maximum absolute atomic E-state index is 14.7. The number of halogens is 3. The number of aliphatic hydroxyl groups excluding tert-OH is 1. The van der Waals surface area contributed by atoms with E-state index in [0.29, 0.717) is 24.8 Å². The molecule has 31 heavy (non-hydrogen) atoms. The molecule has 2 aromatic carbocycles. The Labute approximate surface area is 183 Å². The van der Waals surface area contributed by atoms with E-state index in [4.69, 9.17) is 4.74 Å². The van der Waals surface area contributed by atoms with Crippen LogP contribution < -0.4 is 14.8 Å². The second-order valence-electron chi connectivity index (χ2n) is 7.34. The van der Waals surface area contributed by atoms with Gasteiger partial charge in [-0.2, -0.15) is 0 Å². The molecule has 1 saturated carbocycles. The molecule has 2 aromatic rings. The van der Waals surface area contributed by atoms with E-state index in [9.17, 15) is 22.5 Å². The largest absolute Gasteiger partial charge is 0.494 e. The molecule has 0 aromatic heterocycles. The summed E-state index contributed by atoms with van der Waals surface area (Å²) >= 11 is 0. The van der Waals surface area contributed by atoms with E-state index < -0.39 is 45.0 Å². The Kier molecular flexibility index (Phi) is 8.36. The van der Waals surface area contributed by atoms with Crippen LogP contribution in [0.4, 0.5) is 30.2 Å². The van der Waals surface area contributed by atoms with Gasteiger partial charge in [0.2, 0.25) is 0 Å². The fourth-order valence-electron chi connectivity index (χ4n) is 3.18. The fraction of sp³-hybridized carbons (Fsp3) is 0.455. The summed E-state index contributed by atoms with van der Waals surface area (Å²) in [5.74, 6) is -3.18. The molecule has 3 rings (SSSR count). The molecule has 0 amide bonds. The van der Waals surface area contributed by atoms with Crippen LogP contribution in [0.2, 0.25) is 0 Å². The minimum absolute atomic E-state index is 0.0684. The minimum Gasteiger partial charge on any atom is -0.494 e. The van der Waals surface area contributed by atoms with Gasteiger partial charge in [0, 0.05) is 6.07 Å². The Bertz CT molecular complexity index is 950. The van der Waals surface area contributed by atoms with Gasteiger partial charge in [0.05, 0.1) is 23.6 Å². The molecule has 0 spiro atoms. The van der Waals surface area contributed by atoms with Gasteiger partial charge in [-0.15, -0.1) is 0 Å². The monoisotopic (exact) mass is 458 g/mol. The summed E-state index contributed by atoms with van der Waals surface area (Å²) in [4.78, 5) is 0. The topological polar surface area (TPSA) is 70.6 Å². The summed E-state index contributed by atoms with van der Waals surface area (Å²) in [6.07, 6.45) is 0.889. The Morgan fingerprint density at radius 1 is 1.16 bits per heavy atom. The first-order valence-electron chi connectivity index (χ1n) is 10.1. The first-order chi connectivity index (χ1) is 14.7. The van der Waals surface area contributed by atoms with Crippen LogP contribution in [0.15, 0.2) is 24.3 Å². The van der Waals surface area contributed by atoms with E-state index >= 15 is 0 Å². The van der Waals surface area contributed by atoms with Crippen LogP contribution in [0, 0.1) is 24.4 Å². The zero-order chi connectivity index (χ0) is 23.3. The molecule has 0 heterocycles. The van der Waals surface area contributed by atoms with Gasteiger partial charge < -0.3 is 15.2 Å². The van der Waals surface area contributed by atoms with Crippen molar-refractivity contribution in [3.05, 3.63) is 47.3 Å². The van der Waals surface area contributed by atoms with E-state index in [1.165, 1.54) is 19.2 Å². The smallest absolute Gasteiger partial charge is 0.184 e. The van der Waals surface area contributed by atoms with Gasteiger partial charge in [-0.05, 0) is 50.8 Å². The fourth-order valence-corrected chi connectivity index (χ4v) is 4.65. The molecule has 9 heteroatoms. The Morgan fingerprint density at radius 3 is 2.32 bits per heavy atom. The van der Waals surface area contributed by atoms with Crippen LogP contribution in [0.25, 0.3) is 0 Å². The molecule has 2 unspecified atom stereocenters. The van der Waals surface area contributed by atoms with Crippen molar-refractivity contribution in [2.45, 2.75) is 57.8 Å². The van der Waals surface area contributed by atoms with Crippen molar-refractivity contribution < 1.29 is 27.2 Å². The number of rotatable bonds is 8. The number of hydrogen-bond donors (Lipinski definition) is 3. The van der Waals surface area contributed by atoms with E-state index in [1.807, 2.05) is 13.8 Å². The number of nitrogens with one attached hydrogen (secondary N) is 2. The Morgan fingerprint density at radius 2 is 1.81 bits per heavy atom. The van der Waals surface area contributed by atoms with Crippen molar-refractivity contribution in [2.24, 2.45) is 0 Å². The minimum atomic E-state index is -1.71. The highest BCUT2D eigenvalue weighted by Gasteiger charge is 2.50. The SMILES string of the molecule is CC.COc1cc(F)c(F)c(Nc2ccc(C)cc2F)c1NS(=O)C1(CC(C)O)CC1. The average molecular weight is 459 g/mol. The van der Waals surface area contributed by atoms with Crippen LogP contribution in [0.1, 0.15) is 45.6 Å². The molecular formula is C22H29F3N2O3S. The lowest BCUT2D eigenvalue weighted by Gasteiger charge is -2.22. The number of hydrogen-bond acceptors (Lipinski definition) is 4. The van der Waals surface area contributed by atoms with Crippen LogP contribution in [0.5, 0.6) is 5.75 Å². The van der Waals surface area contributed by atoms with Gasteiger partial charge in [0.25, 0.3) is 0 Å². The van der Waals surface area contributed by atoms with Crippen LogP contribution in [0.3, 0.4) is 0 Å². The molecule has 1 aliphatic rings. The summed E-state index contributed by atoms with van der Waals surface area (Å²) in [5.41, 5.74) is 0.104. The van der Waals surface area contributed by atoms with Crippen molar-refractivity contribution in [1.82, 2.24) is 0 Å². The molecule has 0 saturated heterocycles. The van der Waals surface area contributed by atoms with Crippen molar-refractivity contribution in [2.75, 3.05) is 17.1 Å². The number of methoxy groups -OCH3 is 1. The summed E-state index contributed by atoms with van der Waals surface area (Å²) < 4.78 is 63.1. The normalized spacial score (nSPS) is 15.9. The van der Waals surface area contributed by atoms with Crippen molar-refractivity contribution >= 4 is 28.0 Å². The maximum Gasteiger partial charge on any atom is 0.184 e. The zero-order valence-electron chi connectivity index (χ0n) is 18.3. The molecule has 3 N–H and O–H groups in total. The Hall–Kier alpha value is -2.26. The zero-order valence-corrected chi connectivity index (χ0v) is 19.1. The first-order valence-corrected chi connectivity index (χ1v) is 11.3. The standard InChI is InChI=1S/C20H23F3N2O3S.C2H6/c1-11-4-5-15(13(21)8-11)24-19-17(23)14(22)9-16(28-3)18(19)25-29(27)20(6-7-20)10-12(2)26;1-2/h4-5,8-9,12,24-26H,6-7,10H2,1-3H3;1-2H3. The van der Waals surface area contributed by atoms with Gasteiger partial charge in [-0.1, -0.05) is 19.9 Å². The average Bonchev–Trinajstić information content (AvgIpc) is 3.50. The number of aliphatic hydroxyl groups is 1. The summed E-state index contributed by atoms with van der Waals surface area (Å²) in [6, 6.07) is 5.11. The van der Waals surface area contributed by atoms with Crippen LogP contribution in [-0.2, 0) is 11.0 Å². The lowest BCUT2D eigenvalue weighted by molar-refractivity contribution is 0.181. The van der Waals surface area contributed by atoms with Crippen molar-refractivity contribution in [3.8, 4) is 5.75 Å². The predicted octanol–water partition coefficient (Wildman–Crippen LogP) is 5.57. The highest BCUT2D eigenvalue weighted by atomic mass is 32.2. The highest BCUT2D eigenvalue weighted by molar-refractivity contribution is 7.88. The molecule has 0 radical (unpaired) electrons. The third kappa shape index (κ3) is 5.71. The highest BCUT2D eigenvalue weighted by Crippen LogP contribution is 2.48. The Balaban J connectivity index is 0.00000166. The maximum atomic E-state index is 14.7. The molecule has 0 bridgehead atoms. The second kappa shape index (κ2) is 10.4. The first kappa shape index (κ1) is 25.0. The van der Waals surface area contributed by atoms with Crippen LogP contribution in [-0.4, -0.2) is 27.3 Å². The molecule has 0 aliphatic heterocycles. The molecule has 2 atom stereocenters. The van der Waals surface area contributed by atoms with Crippen molar-refractivity contribution in [1.29, 1.82) is 0 Å². The molecule has 5 nitrogen and oxygen atoms in total. The van der Waals surface area contributed by atoms with Gasteiger partial charge in [-0.25, -0.2) is 17.4 Å². The van der Waals surface area contributed by atoms with E-state index in [1.54, 1.807) is 19.9 Å². The number of benzene rings is 2. The van der Waals surface area contributed by atoms with Gasteiger partial charge in [0.1, 0.15) is 33.9 Å². The predicted molar refractivity (Wildman–Crippen MR) is 119 cm³/mol. The molecule has 172 valence electrons. The summed E-state index contributed by atoms with van der Waals surface area (Å²) in [7, 11) is -0.444.